The minimum Gasteiger partial charge on any atom is -0.384 e. The first-order valence-electron chi connectivity index (χ1n) is 12.9. The van der Waals surface area contributed by atoms with Gasteiger partial charge >= 0.3 is 0 Å². The van der Waals surface area contributed by atoms with Crippen molar-refractivity contribution in [1.29, 1.82) is 10.8 Å². The van der Waals surface area contributed by atoms with Gasteiger partial charge in [-0.25, -0.2) is 13.1 Å². The van der Waals surface area contributed by atoms with Gasteiger partial charge in [0.1, 0.15) is 5.84 Å². The molecule has 0 atom stereocenters. The summed E-state index contributed by atoms with van der Waals surface area (Å²) >= 11 is 0. The number of nitrogens with two attached hydrogens (primary N) is 2. The Labute approximate surface area is 233 Å². The molecule has 2 saturated heterocycles. The summed E-state index contributed by atoms with van der Waals surface area (Å²) in [6.45, 7) is 4.23. The third-order valence-electron chi connectivity index (χ3n) is 7.21. The van der Waals surface area contributed by atoms with E-state index in [0.717, 1.165) is 0 Å². The van der Waals surface area contributed by atoms with Crippen LogP contribution in [0.3, 0.4) is 0 Å². The first-order chi connectivity index (χ1) is 19.0. The average Bonchev–Trinajstić information content (AvgIpc) is 2.96. The molecule has 214 valence electrons. The van der Waals surface area contributed by atoms with Gasteiger partial charge in [-0.3, -0.25) is 25.3 Å². The van der Waals surface area contributed by atoms with Crippen LogP contribution in [0.25, 0.3) is 0 Å². The van der Waals surface area contributed by atoms with Crippen molar-refractivity contribution in [1.82, 2.24) is 24.3 Å². The molecule has 40 heavy (non-hydrogen) atoms. The Kier molecular flexibility index (Phi) is 8.71. The van der Waals surface area contributed by atoms with Gasteiger partial charge < -0.3 is 26.2 Å². The molecule has 0 bridgehead atoms. The minimum absolute atomic E-state index is 0.0149. The lowest BCUT2D eigenvalue weighted by Crippen LogP contribution is -2.50. The van der Waals surface area contributed by atoms with E-state index in [-0.39, 0.29) is 34.1 Å². The van der Waals surface area contributed by atoms with Gasteiger partial charge in [0.25, 0.3) is 11.8 Å². The van der Waals surface area contributed by atoms with Crippen LogP contribution < -0.4 is 16.2 Å². The van der Waals surface area contributed by atoms with Crippen molar-refractivity contribution in [3.8, 4) is 0 Å². The highest BCUT2D eigenvalue weighted by Gasteiger charge is 2.27. The highest BCUT2D eigenvalue weighted by molar-refractivity contribution is 7.89. The Balaban J connectivity index is 1.46. The summed E-state index contributed by atoms with van der Waals surface area (Å²) in [5.41, 5.74) is 13.0. The van der Waals surface area contributed by atoms with E-state index in [2.05, 4.69) is 9.62 Å². The molecule has 2 heterocycles. The van der Waals surface area contributed by atoms with Crippen LogP contribution in [-0.2, 0) is 16.6 Å². The third kappa shape index (κ3) is 6.58. The number of nitrogen functional groups attached to an aromatic ring is 1. The number of nitrogens with zero attached hydrogens (tertiary/aromatic N) is 4. The maximum Gasteiger partial charge on any atom is 0.254 e. The predicted molar refractivity (Wildman–Crippen MR) is 151 cm³/mol. The second kappa shape index (κ2) is 12.0. The summed E-state index contributed by atoms with van der Waals surface area (Å²) in [5, 5.41) is 15.1. The van der Waals surface area contributed by atoms with E-state index in [1.165, 1.54) is 13.1 Å². The van der Waals surface area contributed by atoms with Gasteiger partial charge in [0, 0.05) is 75.6 Å². The first kappa shape index (κ1) is 29.0. The Morgan fingerprint density at radius 2 is 1.27 bits per heavy atom. The number of hydrogen-bond acceptors (Lipinski definition) is 7. The molecule has 14 heteroatoms. The summed E-state index contributed by atoms with van der Waals surface area (Å²) < 4.78 is 27.7. The molecular weight excluding hydrogens is 534 g/mol. The van der Waals surface area contributed by atoms with Gasteiger partial charge in [-0.05, 0) is 42.9 Å². The van der Waals surface area contributed by atoms with Crippen molar-refractivity contribution in [2.75, 3.05) is 59.4 Å². The molecule has 0 saturated carbocycles. The molecule has 0 radical (unpaired) electrons. The number of carbonyl (C=O) groups excluding carboxylic acids is 2. The van der Waals surface area contributed by atoms with Crippen LogP contribution in [0.1, 0.15) is 31.8 Å². The first-order valence-corrected chi connectivity index (χ1v) is 14.4. The van der Waals surface area contributed by atoms with E-state index < -0.39 is 10.0 Å². The molecule has 2 aromatic rings. The molecular formula is C26H35N9O4S. The molecule has 2 amide bonds. The lowest BCUT2D eigenvalue weighted by molar-refractivity contribution is 0.0535. The van der Waals surface area contributed by atoms with Crippen molar-refractivity contribution >= 4 is 33.6 Å². The van der Waals surface area contributed by atoms with Gasteiger partial charge in [-0.2, -0.15) is 0 Å². The van der Waals surface area contributed by atoms with Gasteiger partial charge in [0.2, 0.25) is 10.0 Å². The number of nitrogens with one attached hydrogen (secondary N) is 3. The van der Waals surface area contributed by atoms with Crippen LogP contribution in [-0.4, -0.2) is 111 Å². The van der Waals surface area contributed by atoms with Gasteiger partial charge in [-0.1, -0.05) is 12.1 Å². The molecule has 0 unspecified atom stereocenters. The summed E-state index contributed by atoms with van der Waals surface area (Å²) in [7, 11) is -2.47. The zero-order chi connectivity index (χ0) is 29.0. The van der Waals surface area contributed by atoms with Crippen molar-refractivity contribution in [2.45, 2.75) is 11.4 Å². The molecule has 2 aromatic carbocycles. The van der Waals surface area contributed by atoms with E-state index in [1.54, 1.807) is 51.1 Å². The SMILES string of the molecule is CNS(=O)(=O)c1cc(CN2CCN(C(=N)N)CC2)cc(C(=O)N2CCN(C(=O)c3ccc(C(=N)N)cc3)CC2)c1. The van der Waals surface area contributed by atoms with E-state index in [1.807, 2.05) is 0 Å². The molecule has 13 nitrogen and oxygen atoms in total. The fourth-order valence-electron chi connectivity index (χ4n) is 4.82. The zero-order valence-corrected chi connectivity index (χ0v) is 23.2. The van der Waals surface area contributed by atoms with Crippen LogP contribution in [0.2, 0.25) is 0 Å². The van der Waals surface area contributed by atoms with Crippen LogP contribution in [0.15, 0.2) is 47.4 Å². The Bertz CT molecular complexity index is 1400. The van der Waals surface area contributed by atoms with Crippen LogP contribution >= 0.6 is 0 Å². The monoisotopic (exact) mass is 569 g/mol. The molecule has 0 aromatic heterocycles. The van der Waals surface area contributed by atoms with Gasteiger partial charge in [0.15, 0.2) is 5.96 Å². The highest BCUT2D eigenvalue weighted by atomic mass is 32.2. The molecule has 4 rings (SSSR count). The molecule has 2 aliphatic heterocycles. The number of piperazine rings is 2. The van der Waals surface area contributed by atoms with Crippen molar-refractivity contribution < 1.29 is 18.0 Å². The number of benzene rings is 2. The number of rotatable bonds is 7. The predicted octanol–water partition coefficient (Wildman–Crippen LogP) is -0.512. The minimum atomic E-state index is -3.79. The zero-order valence-electron chi connectivity index (χ0n) is 22.4. The maximum absolute atomic E-state index is 13.5. The van der Waals surface area contributed by atoms with Gasteiger partial charge in [0.05, 0.1) is 4.90 Å². The summed E-state index contributed by atoms with van der Waals surface area (Å²) in [6, 6.07) is 11.2. The third-order valence-corrected chi connectivity index (χ3v) is 8.60. The van der Waals surface area contributed by atoms with Crippen LogP contribution in [0.4, 0.5) is 0 Å². The van der Waals surface area contributed by atoms with Gasteiger partial charge in [-0.15, -0.1) is 0 Å². The van der Waals surface area contributed by atoms with E-state index in [9.17, 15) is 18.0 Å². The van der Waals surface area contributed by atoms with E-state index in [4.69, 9.17) is 22.3 Å². The van der Waals surface area contributed by atoms with Crippen LogP contribution in [0, 0.1) is 10.8 Å². The lowest BCUT2D eigenvalue weighted by Gasteiger charge is -2.35. The largest absolute Gasteiger partial charge is 0.384 e. The summed E-state index contributed by atoms with van der Waals surface area (Å²) in [6.07, 6.45) is 0. The van der Waals surface area contributed by atoms with Crippen LogP contribution in [0.5, 0.6) is 0 Å². The molecule has 0 spiro atoms. The van der Waals surface area contributed by atoms with Crippen molar-refractivity contribution in [2.24, 2.45) is 11.5 Å². The Morgan fingerprint density at radius 1 is 0.775 bits per heavy atom. The topological polar surface area (TPSA) is 193 Å². The van der Waals surface area contributed by atoms with E-state index in [0.29, 0.717) is 75.6 Å². The summed E-state index contributed by atoms with van der Waals surface area (Å²) in [5.74, 6) is -0.510. The van der Waals surface area contributed by atoms with E-state index >= 15 is 0 Å². The Morgan fingerprint density at radius 3 is 1.77 bits per heavy atom. The van der Waals surface area contributed by atoms with Crippen molar-refractivity contribution in [3.63, 3.8) is 0 Å². The molecule has 7 N–H and O–H groups in total. The maximum atomic E-state index is 13.5. The quantitative estimate of drug-likeness (QED) is 0.217. The molecule has 2 aliphatic rings. The highest BCUT2D eigenvalue weighted by Crippen LogP contribution is 2.20. The standard InChI is InChI=1S/C26H35N9O4S/c1-31-40(38,39)22-15-18(17-32-6-8-35(9-7-32)26(29)30)14-21(16-22)25(37)34-12-10-33(11-13-34)24(36)20-4-2-19(3-5-20)23(27)28/h2-5,14-16,31H,6-13,17H2,1H3,(H3,27,28)(H3,29,30). The lowest BCUT2D eigenvalue weighted by atomic mass is 10.1. The fourth-order valence-corrected chi connectivity index (χ4v) is 5.65. The number of guanidine groups is 1. The Hall–Kier alpha value is -4.01. The normalized spacial score (nSPS) is 16.6. The number of sulfonamides is 1. The average molecular weight is 570 g/mol. The smallest absolute Gasteiger partial charge is 0.254 e. The number of carbonyl (C=O) groups is 2. The summed E-state index contributed by atoms with van der Waals surface area (Å²) in [4.78, 5) is 33.7. The molecule has 0 aliphatic carbocycles. The molecule has 2 fully saturated rings. The van der Waals surface area contributed by atoms with Crippen molar-refractivity contribution in [3.05, 3.63) is 64.7 Å². The number of amidine groups is 1. The second-order valence-corrected chi connectivity index (χ2v) is 11.7. The number of hydrogen-bond donors (Lipinski definition) is 5. The fraction of sp³-hybridized carbons (Fsp3) is 0.385. The number of amides is 2. The second-order valence-electron chi connectivity index (χ2n) is 9.80.